The van der Waals surface area contributed by atoms with Gasteiger partial charge in [-0.2, -0.15) is 5.26 Å². The van der Waals surface area contributed by atoms with E-state index in [4.69, 9.17) is 15.7 Å². The summed E-state index contributed by atoms with van der Waals surface area (Å²) >= 11 is 0. The van der Waals surface area contributed by atoms with Crippen LogP contribution in [0.15, 0.2) is 30.3 Å². The number of anilines is 1. The van der Waals surface area contributed by atoms with Crippen LogP contribution in [0.4, 0.5) is 5.69 Å². The fourth-order valence-corrected chi connectivity index (χ4v) is 2.08. The van der Waals surface area contributed by atoms with E-state index in [-0.39, 0.29) is 6.42 Å². The van der Waals surface area contributed by atoms with Crippen molar-refractivity contribution in [3.05, 3.63) is 52.6 Å². The third-order valence-electron chi connectivity index (χ3n) is 3.48. The molecule has 0 saturated carbocycles. The van der Waals surface area contributed by atoms with E-state index in [1.165, 1.54) is 5.56 Å². The summed E-state index contributed by atoms with van der Waals surface area (Å²) in [5.74, 6) is 1.58. The van der Waals surface area contributed by atoms with Gasteiger partial charge in [0.05, 0.1) is 12.5 Å². The van der Waals surface area contributed by atoms with Gasteiger partial charge in [0.25, 0.3) is 0 Å². The second-order valence-electron chi connectivity index (χ2n) is 4.95. The first-order valence-electron chi connectivity index (χ1n) is 6.53. The summed E-state index contributed by atoms with van der Waals surface area (Å²) in [6.45, 7) is 6.13. The van der Waals surface area contributed by atoms with E-state index < -0.39 is 0 Å². The van der Waals surface area contributed by atoms with Gasteiger partial charge in [0.2, 0.25) is 0 Å². The average molecular weight is 266 g/mol. The largest absolute Gasteiger partial charge is 0.457 e. The topological polar surface area (TPSA) is 59.0 Å². The van der Waals surface area contributed by atoms with Crippen molar-refractivity contribution >= 4 is 5.69 Å². The number of nitrogens with zero attached hydrogens (tertiary/aromatic N) is 1. The molecular formula is C17H18N2O. The van der Waals surface area contributed by atoms with Crippen LogP contribution in [0.5, 0.6) is 11.5 Å². The normalized spacial score (nSPS) is 10.1. The molecule has 0 bridgehead atoms. The Morgan fingerprint density at radius 2 is 1.80 bits per heavy atom. The van der Waals surface area contributed by atoms with Crippen molar-refractivity contribution < 1.29 is 4.74 Å². The van der Waals surface area contributed by atoms with Gasteiger partial charge in [0.1, 0.15) is 11.5 Å². The fourth-order valence-electron chi connectivity index (χ4n) is 2.08. The molecule has 0 heterocycles. The highest BCUT2D eigenvalue weighted by molar-refractivity contribution is 5.53. The Morgan fingerprint density at radius 3 is 2.50 bits per heavy atom. The predicted molar refractivity (Wildman–Crippen MR) is 80.9 cm³/mol. The molecule has 2 N–H and O–H groups in total. The van der Waals surface area contributed by atoms with Crippen molar-refractivity contribution in [2.45, 2.75) is 27.2 Å². The van der Waals surface area contributed by atoms with Crippen LogP contribution < -0.4 is 10.5 Å². The lowest BCUT2D eigenvalue weighted by Crippen LogP contribution is -1.97. The second-order valence-corrected chi connectivity index (χ2v) is 4.95. The molecule has 2 aromatic carbocycles. The zero-order valence-corrected chi connectivity index (χ0v) is 12.0. The van der Waals surface area contributed by atoms with Crippen molar-refractivity contribution in [2.75, 3.05) is 5.73 Å². The van der Waals surface area contributed by atoms with Gasteiger partial charge in [-0.05, 0) is 61.2 Å². The summed E-state index contributed by atoms with van der Waals surface area (Å²) in [4.78, 5) is 0. The zero-order chi connectivity index (χ0) is 14.7. The molecular weight excluding hydrogens is 248 g/mol. The van der Waals surface area contributed by atoms with Crippen molar-refractivity contribution in [1.82, 2.24) is 0 Å². The Labute approximate surface area is 119 Å². The SMILES string of the molecule is Cc1ccc(C)c(Oc2ccc(N)c(CC#N)c2)c1C. The summed E-state index contributed by atoms with van der Waals surface area (Å²) in [7, 11) is 0. The van der Waals surface area contributed by atoms with Crippen molar-refractivity contribution in [1.29, 1.82) is 5.26 Å². The summed E-state index contributed by atoms with van der Waals surface area (Å²) in [5.41, 5.74) is 10.7. The van der Waals surface area contributed by atoms with Crippen LogP contribution in [-0.2, 0) is 6.42 Å². The molecule has 0 saturated heterocycles. The monoisotopic (exact) mass is 266 g/mol. The lowest BCUT2D eigenvalue weighted by molar-refractivity contribution is 0.474. The number of nitriles is 1. The highest BCUT2D eigenvalue weighted by atomic mass is 16.5. The smallest absolute Gasteiger partial charge is 0.133 e. The van der Waals surface area contributed by atoms with Gasteiger partial charge in [-0.25, -0.2) is 0 Å². The minimum Gasteiger partial charge on any atom is -0.457 e. The van der Waals surface area contributed by atoms with E-state index in [1.807, 2.05) is 32.0 Å². The maximum Gasteiger partial charge on any atom is 0.133 e. The quantitative estimate of drug-likeness (QED) is 0.852. The highest BCUT2D eigenvalue weighted by Gasteiger charge is 2.09. The number of nitrogens with two attached hydrogens (primary N) is 1. The molecule has 0 unspecified atom stereocenters. The van der Waals surface area contributed by atoms with Gasteiger partial charge in [-0.3, -0.25) is 0 Å². The number of rotatable bonds is 3. The first-order chi connectivity index (χ1) is 9.52. The number of nitrogen functional groups attached to an aromatic ring is 1. The number of ether oxygens (including phenoxy) is 1. The molecule has 3 nitrogen and oxygen atoms in total. The highest BCUT2D eigenvalue weighted by Crippen LogP contribution is 2.32. The van der Waals surface area contributed by atoms with Gasteiger partial charge < -0.3 is 10.5 Å². The molecule has 0 aromatic heterocycles. The Balaban J connectivity index is 2.38. The van der Waals surface area contributed by atoms with Crippen LogP contribution in [0.25, 0.3) is 0 Å². The summed E-state index contributed by atoms with van der Waals surface area (Å²) < 4.78 is 6.00. The molecule has 0 radical (unpaired) electrons. The van der Waals surface area contributed by atoms with Crippen LogP contribution in [0.1, 0.15) is 22.3 Å². The molecule has 0 aliphatic heterocycles. The molecule has 2 aromatic rings. The van der Waals surface area contributed by atoms with Gasteiger partial charge >= 0.3 is 0 Å². The number of aryl methyl sites for hydroxylation is 2. The van der Waals surface area contributed by atoms with Crippen LogP contribution >= 0.6 is 0 Å². The van der Waals surface area contributed by atoms with E-state index in [0.29, 0.717) is 11.4 Å². The maximum atomic E-state index is 8.80. The molecule has 102 valence electrons. The summed E-state index contributed by atoms with van der Waals surface area (Å²) in [6.07, 6.45) is 0.287. The first kappa shape index (κ1) is 14.0. The minimum absolute atomic E-state index is 0.287. The molecule has 0 fully saturated rings. The Morgan fingerprint density at radius 1 is 1.10 bits per heavy atom. The van der Waals surface area contributed by atoms with Gasteiger partial charge in [-0.15, -0.1) is 0 Å². The van der Waals surface area contributed by atoms with Crippen molar-refractivity contribution in [3.63, 3.8) is 0 Å². The lowest BCUT2D eigenvalue weighted by Gasteiger charge is -2.14. The van der Waals surface area contributed by atoms with E-state index in [1.54, 1.807) is 6.07 Å². The molecule has 0 atom stereocenters. The molecule has 0 spiro atoms. The van der Waals surface area contributed by atoms with E-state index in [0.717, 1.165) is 22.4 Å². The Hall–Kier alpha value is -2.47. The first-order valence-corrected chi connectivity index (χ1v) is 6.53. The molecule has 0 aliphatic carbocycles. The third-order valence-corrected chi connectivity index (χ3v) is 3.48. The fraction of sp³-hybridized carbons (Fsp3) is 0.235. The van der Waals surface area contributed by atoms with Gasteiger partial charge in [0, 0.05) is 5.69 Å². The summed E-state index contributed by atoms with van der Waals surface area (Å²) in [5, 5.41) is 8.80. The van der Waals surface area contributed by atoms with Crippen LogP contribution in [0, 0.1) is 32.1 Å². The number of hydrogen-bond donors (Lipinski definition) is 1. The molecule has 2 rings (SSSR count). The van der Waals surface area contributed by atoms with E-state index in [9.17, 15) is 0 Å². The van der Waals surface area contributed by atoms with Crippen molar-refractivity contribution in [2.24, 2.45) is 0 Å². The predicted octanol–water partition coefficient (Wildman–Crippen LogP) is 4.05. The average Bonchev–Trinajstić information content (AvgIpc) is 2.43. The lowest BCUT2D eigenvalue weighted by atomic mass is 10.1. The Bertz CT molecular complexity index is 684. The van der Waals surface area contributed by atoms with E-state index >= 15 is 0 Å². The second kappa shape index (κ2) is 5.66. The standard InChI is InChI=1S/C17H18N2O/c1-11-4-5-12(2)17(13(11)3)20-15-6-7-16(19)14(10-15)8-9-18/h4-7,10H,8,19H2,1-3H3. The van der Waals surface area contributed by atoms with Crippen molar-refractivity contribution in [3.8, 4) is 17.6 Å². The maximum absolute atomic E-state index is 8.80. The van der Waals surface area contributed by atoms with Gasteiger partial charge in [-0.1, -0.05) is 12.1 Å². The number of hydrogen-bond acceptors (Lipinski definition) is 3. The molecule has 0 amide bonds. The van der Waals surface area contributed by atoms with Crippen LogP contribution in [-0.4, -0.2) is 0 Å². The molecule has 0 aliphatic rings. The van der Waals surface area contributed by atoms with Crippen LogP contribution in [0.2, 0.25) is 0 Å². The number of benzene rings is 2. The van der Waals surface area contributed by atoms with E-state index in [2.05, 4.69) is 19.1 Å². The Kier molecular flexibility index (Phi) is 3.95. The molecule has 3 heteroatoms. The summed E-state index contributed by atoms with van der Waals surface area (Å²) in [6, 6.07) is 11.7. The van der Waals surface area contributed by atoms with Gasteiger partial charge in [0.15, 0.2) is 0 Å². The third kappa shape index (κ3) is 2.75. The molecule has 20 heavy (non-hydrogen) atoms. The zero-order valence-electron chi connectivity index (χ0n) is 12.0. The van der Waals surface area contributed by atoms with Crippen LogP contribution in [0.3, 0.4) is 0 Å². The minimum atomic E-state index is 0.287.